The lowest BCUT2D eigenvalue weighted by Gasteiger charge is -2.25. The van der Waals surface area contributed by atoms with E-state index in [2.05, 4.69) is 13.8 Å². The molecule has 1 aromatic rings. The van der Waals surface area contributed by atoms with Crippen molar-refractivity contribution in [3.05, 3.63) is 23.8 Å². The van der Waals surface area contributed by atoms with Crippen molar-refractivity contribution in [2.75, 3.05) is 0 Å². The van der Waals surface area contributed by atoms with Crippen molar-refractivity contribution in [3.8, 4) is 11.5 Å². The molecule has 1 aromatic carbocycles. The van der Waals surface area contributed by atoms with Crippen LogP contribution in [0.3, 0.4) is 0 Å². The Labute approximate surface area is 102 Å². The second kappa shape index (κ2) is 4.22. The standard InChI is InChI=1S/C14H21NO2/c1-9(2)11(8-14(15)5-6-14)10-3-4-12(16)13(17)7-10/h3-4,7,9,11,16-17H,5-6,8,15H2,1-2H3. The summed E-state index contributed by atoms with van der Waals surface area (Å²) in [5, 5.41) is 18.9. The summed E-state index contributed by atoms with van der Waals surface area (Å²) in [7, 11) is 0. The lowest BCUT2D eigenvalue weighted by Crippen LogP contribution is -2.26. The van der Waals surface area contributed by atoms with Crippen molar-refractivity contribution in [1.82, 2.24) is 0 Å². The summed E-state index contributed by atoms with van der Waals surface area (Å²) in [6.45, 7) is 4.33. The Balaban J connectivity index is 2.22. The minimum atomic E-state index is -0.0647. The molecule has 94 valence electrons. The molecule has 0 amide bonds. The van der Waals surface area contributed by atoms with Gasteiger partial charge in [-0.3, -0.25) is 0 Å². The van der Waals surface area contributed by atoms with Crippen LogP contribution < -0.4 is 5.73 Å². The topological polar surface area (TPSA) is 66.5 Å². The smallest absolute Gasteiger partial charge is 0.157 e. The highest BCUT2D eigenvalue weighted by molar-refractivity contribution is 5.42. The lowest BCUT2D eigenvalue weighted by molar-refractivity contribution is 0.394. The predicted molar refractivity (Wildman–Crippen MR) is 68.1 cm³/mol. The number of phenols is 2. The number of phenolic OH excluding ortho intramolecular Hbond substituents is 2. The van der Waals surface area contributed by atoms with Crippen LogP contribution in [0.2, 0.25) is 0 Å². The molecule has 0 heterocycles. The van der Waals surface area contributed by atoms with Gasteiger partial charge < -0.3 is 15.9 Å². The first kappa shape index (κ1) is 12.2. The summed E-state index contributed by atoms with van der Waals surface area (Å²) >= 11 is 0. The first-order valence-corrected chi connectivity index (χ1v) is 6.22. The van der Waals surface area contributed by atoms with Crippen LogP contribution in [-0.4, -0.2) is 15.8 Å². The van der Waals surface area contributed by atoms with Gasteiger partial charge in [0.2, 0.25) is 0 Å². The molecule has 0 bridgehead atoms. The fourth-order valence-electron chi connectivity index (χ4n) is 2.31. The summed E-state index contributed by atoms with van der Waals surface area (Å²) in [6, 6.07) is 5.09. The normalized spacial score (nSPS) is 19.3. The largest absolute Gasteiger partial charge is 0.504 e. The van der Waals surface area contributed by atoms with Gasteiger partial charge in [0.05, 0.1) is 0 Å². The Bertz CT molecular complexity index is 411. The Morgan fingerprint density at radius 3 is 2.35 bits per heavy atom. The number of benzene rings is 1. The molecule has 1 aliphatic rings. The third-order valence-electron chi connectivity index (χ3n) is 3.75. The third kappa shape index (κ3) is 2.72. The van der Waals surface area contributed by atoms with E-state index in [1.807, 2.05) is 6.07 Å². The van der Waals surface area contributed by atoms with E-state index in [0.717, 1.165) is 24.8 Å². The number of nitrogens with two attached hydrogens (primary N) is 1. The molecule has 1 unspecified atom stereocenters. The molecule has 1 atom stereocenters. The fourth-order valence-corrected chi connectivity index (χ4v) is 2.31. The summed E-state index contributed by atoms with van der Waals surface area (Å²) in [4.78, 5) is 0. The Kier molecular flexibility index (Phi) is 3.04. The zero-order valence-corrected chi connectivity index (χ0v) is 10.5. The second-order valence-electron chi connectivity index (χ2n) is 5.67. The van der Waals surface area contributed by atoms with Crippen molar-refractivity contribution in [3.63, 3.8) is 0 Å². The van der Waals surface area contributed by atoms with E-state index in [1.165, 1.54) is 0 Å². The van der Waals surface area contributed by atoms with E-state index >= 15 is 0 Å². The Morgan fingerprint density at radius 2 is 1.88 bits per heavy atom. The van der Waals surface area contributed by atoms with Gasteiger partial charge in [-0.05, 0) is 48.8 Å². The first-order valence-electron chi connectivity index (χ1n) is 6.22. The molecule has 1 aliphatic carbocycles. The molecule has 1 saturated carbocycles. The zero-order valence-electron chi connectivity index (χ0n) is 10.5. The van der Waals surface area contributed by atoms with Gasteiger partial charge >= 0.3 is 0 Å². The third-order valence-corrected chi connectivity index (χ3v) is 3.75. The summed E-state index contributed by atoms with van der Waals surface area (Å²) in [6.07, 6.45) is 3.15. The number of hydrogen-bond donors (Lipinski definition) is 3. The average molecular weight is 235 g/mol. The predicted octanol–water partition coefficient (Wildman–Crippen LogP) is 2.72. The Morgan fingerprint density at radius 1 is 1.24 bits per heavy atom. The molecule has 0 saturated heterocycles. The van der Waals surface area contributed by atoms with Crippen molar-refractivity contribution < 1.29 is 10.2 Å². The van der Waals surface area contributed by atoms with Gasteiger partial charge in [0.1, 0.15) is 0 Å². The van der Waals surface area contributed by atoms with Crippen LogP contribution in [0.25, 0.3) is 0 Å². The number of hydrogen-bond acceptors (Lipinski definition) is 3. The minimum Gasteiger partial charge on any atom is -0.504 e. The summed E-state index contributed by atoms with van der Waals surface area (Å²) < 4.78 is 0. The van der Waals surface area contributed by atoms with Crippen LogP contribution in [0.5, 0.6) is 11.5 Å². The molecule has 0 aromatic heterocycles. The number of aromatic hydroxyl groups is 2. The van der Waals surface area contributed by atoms with Gasteiger partial charge in [-0.2, -0.15) is 0 Å². The van der Waals surface area contributed by atoms with E-state index in [4.69, 9.17) is 5.73 Å². The molecule has 2 rings (SSSR count). The van der Waals surface area contributed by atoms with E-state index in [0.29, 0.717) is 11.8 Å². The first-order chi connectivity index (χ1) is 7.91. The molecule has 3 heteroatoms. The molecule has 0 spiro atoms. The van der Waals surface area contributed by atoms with E-state index in [9.17, 15) is 10.2 Å². The summed E-state index contributed by atoms with van der Waals surface area (Å²) in [5.74, 6) is 0.703. The zero-order chi connectivity index (χ0) is 12.6. The summed E-state index contributed by atoms with van der Waals surface area (Å²) in [5.41, 5.74) is 7.24. The fraction of sp³-hybridized carbons (Fsp3) is 0.571. The van der Waals surface area contributed by atoms with Crippen LogP contribution in [-0.2, 0) is 0 Å². The van der Waals surface area contributed by atoms with Gasteiger partial charge in [-0.15, -0.1) is 0 Å². The molecule has 0 radical (unpaired) electrons. The SMILES string of the molecule is CC(C)C(CC1(N)CC1)c1ccc(O)c(O)c1. The van der Waals surface area contributed by atoms with Gasteiger partial charge in [-0.1, -0.05) is 19.9 Å². The van der Waals surface area contributed by atoms with E-state index in [1.54, 1.807) is 12.1 Å². The molecule has 4 N–H and O–H groups in total. The highest BCUT2D eigenvalue weighted by Crippen LogP contribution is 2.44. The monoisotopic (exact) mass is 235 g/mol. The molecule has 3 nitrogen and oxygen atoms in total. The molecular weight excluding hydrogens is 214 g/mol. The Hall–Kier alpha value is -1.22. The van der Waals surface area contributed by atoms with Gasteiger partial charge in [0.15, 0.2) is 11.5 Å². The van der Waals surface area contributed by atoms with E-state index < -0.39 is 0 Å². The van der Waals surface area contributed by atoms with Crippen molar-refractivity contribution in [2.24, 2.45) is 11.7 Å². The van der Waals surface area contributed by atoms with Crippen LogP contribution in [0.4, 0.5) is 0 Å². The van der Waals surface area contributed by atoms with Crippen molar-refractivity contribution in [1.29, 1.82) is 0 Å². The molecule has 17 heavy (non-hydrogen) atoms. The quantitative estimate of drug-likeness (QED) is 0.703. The van der Waals surface area contributed by atoms with Crippen LogP contribution in [0, 0.1) is 5.92 Å². The molecule has 0 aliphatic heterocycles. The maximum Gasteiger partial charge on any atom is 0.157 e. The van der Waals surface area contributed by atoms with Crippen molar-refractivity contribution in [2.45, 2.75) is 44.6 Å². The van der Waals surface area contributed by atoms with Crippen molar-refractivity contribution >= 4 is 0 Å². The number of rotatable bonds is 4. The van der Waals surface area contributed by atoms with Crippen LogP contribution in [0.15, 0.2) is 18.2 Å². The maximum absolute atomic E-state index is 9.56. The molecular formula is C14H21NO2. The average Bonchev–Trinajstić information content (AvgIpc) is 2.98. The highest BCUT2D eigenvalue weighted by Gasteiger charge is 2.41. The second-order valence-corrected chi connectivity index (χ2v) is 5.67. The van der Waals surface area contributed by atoms with Gasteiger partial charge in [0.25, 0.3) is 0 Å². The van der Waals surface area contributed by atoms with Gasteiger partial charge in [-0.25, -0.2) is 0 Å². The maximum atomic E-state index is 9.56. The lowest BCUT2D eigenvalue weighted by atomic mass is 9.82. The highest BCUT2D eigenvalue weighted by atomic mass is 16.3. The van der Waals surface area contributed by atoms with E-state index in [-0.39, 0.29) is 17.0 Å². The molecule has 1 fully saturated rings. The van der Waals surface area contributed by atoms with Gasteiger partial charge in [0, 0.05) is 5.54 Å². The van der Waals surface area contributed by atoms with Crippen LogP contribution in [0.1, 0.15) is 44.6 Å². The van der Waals surface area contributed by atoms with Crippen LogP contribution >= 0.6 is 0 Å². The minimum absolute atomic E-state index is 0.00242.